The Hall–Kier alpha value is -2.65. The molecule has 2 N–H and O–H groups in total. The average Bonchev–Trinajstić information content (AvgIpc) is 3.15. The minimum Gasteiger partial charge on any atom is -0.345 e. The summed E-state index contributed by atoms with van der Waals surface area (Å²) in [5, 5.41) is 3.61. The number of aromatic amines is 1. The number of nitrogens with zero attached hydrogens (tertiary/aromatic N) is 2. The maximum atomic E-state index is 12.6. The third-order valence-electron chi connectivity index (χ3n) is 5.39. The molecule has 168 valence electrons. The lowest BCUT2D eigenvalue weighted by Gasteiger charge is -2.11. The first-order valence-electron chi connectivity index (χ1n) is 10.6. The van der Waals surface area contributed by atoms with Gasteiger partial charge in [0.15, 0.2) is 0 Å². The molecule has 1 aliphatic carbocycles. The number of carbonyl (C=O) groups is 2. The molecule has 4 rings (SSSR count). The van der Waals surface area contributed by atoms with E-state index in [1.54, 1.807) is 61.5 Å². The molecule has 0 fully saturated rings. The normalized spacial score (nSPS) is 13.1. The number of anilines is 1. The second-order valence-corrected chi connectivity index (χ2v) is 10.2. The van der Waals surface area contributed by atoms with E-state index in [4.69, 9.17) is 0 Å². The van der Waals surface area contributed by atoms with Crippen LogP contribution in [0.4, 0.5) is 5.69 Å². The largest absolute Gasteiger partial charge is 0.345 e. The van der Waals surface area contributed by atoms with Crippen molar-refractivity contribution >= 4 is 50.8 Å². The molecule has 0 spiro atoms. The molecular formula is C23H26N4O3S2. The zero-order valence-corrected chi connectivity index (χ0v) is 19.8. The number of H-pyrrole nitrogens is 1. The molecule has 2 heterocycles. The number of fused-ring (bicyclic) bond motifs is 3. The first-order chi connectivity index (χ1) is 15.4. The molecule has 1 aromatic carbocycles. The minimum atomic E-state index is -0.116. The fraction of sp³-hybridized carbons (Fsp3) is 0.391. The molecule has 7 nitrogen and oxygen atoms in total. The molecule has 0 saturated carbocycles. The number of thiophene rings is 1. The van der Waals surface area contributed by atoms with Crippen LogP contribution in [0.5, 0.6) is 0 Å². The highest BCUT2D eigenvalue weighted by atomic mass is 32.2. The maximum absolute atomic E-state index is 12.6. The van der Waals surface area contributed by atoms with Gasteiger partial charge in [0.25, 0.3) is 11.5 Å². The van der Waals surface area contributed by atoms with Crippen LogP contribution in [0.1, 0.15) is 45.9 Å². The van der Waals surface area contributed by atoms with Crippen LogP contribution in [0.25, 0.3) is 10.2 Å². The fourth-order valence-corrected chi connectivity index (χ4v) is 5.91. The lowest BCUT2D eigenvalue weighted by Crippen LogP contribution is -2.22. The topological polar surface area (TPSA) is 95.2 Å². The Bertz CT molecular complexity index is 1220. The molecular weight excluding hydrogens is 444 g/mol. The predicted molar refractivity (Wildman–Crippen MR) is 131 cm³/mol. The summed E-state index contributed by atoms with van der Waals surface area (Å²) < 4.78 is 0. The van der Waals surface area contributed by atoms with Crippen molar-refractivity contribution in [3.63, 3.8) is 0 Å². The maximum Gasteiger partial charge on any atom is 0.259 e. The Labute approximate surface area is 194 Å². The van der Waals surface area contributed by atoms with Crippen LogP contribution in [-0.4, -0.2) is 46.5 Å². The van der Waals surface area contributed by atoms with E-state index in [1.165, 1.54) is 21.8 Å². The summed E-state index contributed by atoms with van der Waals surface area (Å²) in [6.45, 7) is 0. The van der Waals surface area contributed by atoms with Crippen molar-refractivity contribution in [2.45, 2.75) is 37.9 Å². The Balaban J connectivity index is 1.30. The van der Waals surface area contributed by atoms with Crippen molar-refractivity contribution in [2.75, 3.05) is 25.2 Å². The summed E-state index contributed by atoms with van der Waals surface area (Å²) in [6.07, 6.45) is 4.65. The molecule has 9 heteroatoms. The predicted octanol–water partition coefficient (Wildman–Crippen LogP) is 3.83. The van der Waals surface area contributed by atoms with Gasteiger partial charge in [-0.05, 0) is 49.4 Å². The van der Waals surface area contributed by atoms with Gasteiger partial charge >= 0.3 is 0 Å². The van der Waals surface area contributed by atoms with Gasteiger partial charge in [0.1, 0.15) is 10.7 Å². The van der Waals surface area contributed by atoms with Crippen molar-refractivity contribution < 1.29 is 9.59 Å². The van der Waals surface area contributed by atoms with Gasteiger partial charge in [-0.25, -0.2) is 4.98 Å². The van der Waals surface area contributed by atoms with Crippen LogP contribution in [-0.2, 0) is 23.4 Å². The van der Waals surface area contributed by atoms with Crippen LogP contribution in [0.2, 0.25) is 0 Å². The molecule has 2 amide bonds. The number of aromatic nitrogens is 2. The van der Waals surface area contributed by atoms with Gasteiger partial charge < -0.3 is 15.2 Å². The SMILES string of the molecule is CN(C)C(=O)c1cccc(NC(=O)CCSCc2nc3sc4c(c3c(=O)[nH]2)CCCC4)c1. The molecule has 0 unspecified atom stereocenters. The first kappa shape index (κ1) is 22.5. The number of nitrogens with one attached hydrogen (secondary N) is 2. The van der Waals surface area contributed by atoms with Crippen molar-refractivity contribution in [3.05, 3.63) is 56.4 Å². The summed E-state index contributed by atoms with van der Waals surface area (Å²) in [7, 11) is 3.38. The quantitative estimate of drug-likeness (QED) is 0.512. The lowest BCUT2D eigenvalue weighted by atomic mass is 9.97. The van der Waals surface area contributed by atoms with Crippen LogP contribution in [0, 0.1) is 0 Å². The number of rotatable bonds is 7. The molecule has 3 aromatic rings. The number of aryl methyl sites for hydroxylation is 2. The highest BCUT2D eigenvalue weighted by Gasteiger charge is 2.19. The number of hydrogen-bond acceptors (Lipinski definition) is 6. The molecule has 0 saturated heterocycles. The van der Waals surface area contributed by atoms with E-state index in [0.717, 1.165) is 29.5 Å². The second-order valence-electron chi connectivity index (χ2n) is 8.03. The first-order valence-corrected chi connectivity index (χ1v) is 12.6. The average molecular weight is 471 g/mol. The number of benzene rings is 1. The Morgan fingerprint density at radius 1 is 1.25 bits per heavy atom. The van der Waals surface area contributed by atoms with Gasteiger partial charge in [-0.15, -0.1) is 11.3 Å². The summed E-state index contributed by atoms with van der Waals surface area (Å²) in [5.74, 6) is 1.58. The fourth-order valence-electron chi connectivity index (χ4n) is 3.82. The van der Waals surface area contributed by atoms with Crippen LogP contribution < -0.4 is 10.9 Å². The third-order valence-corrected chi connectivity index (χ3v) is 7.54. The molecule has 0 aliphatic heterocycles. The van der Waals surface area contributed by atoms with Gasteiger partial charge in [0.05, 0.1) is 11.1 Å². The molecule has 0 bridgehead atoms. The van der Waals surface area contributed by atoms with E-state index in [9.17, 15) is 14.4 Å². The Kier molecular flexibility index (Phi) is 6.95. The van der Waals surface area contributed by atoms with Crippen LogP contribution in [0.15, 0.2) is 29.1 Å². The van der Waals surface area contributed by atoms with E-state index < -0.39 is 0 Å². The summed E-state index contributed by atoms with van der Waals surface area (Å²) in [6, 6.07) is 6.92. The van der Waals surface area contributed by atoms with Gasteiger partial charge in [-0.2, -0.15) is 11.8 Å². The van der Waals surface area contributed by atoms with Gasteiger partial charge in [-0.1, -0.05) is 6.07 Å². The summed E-state index contributed by atoms with van der Waals surface area (Å²) >= 11 is 3.21. The van der Waals surface area contributed by atoms with Gasteiger partial charge in [0, 0.05) is 42.4 Å². The van der Waals surface area contributed by atoms with E-state index in [0.29, 0.717) is 35.0 Å². The third kappa shape index (κ3) is 5.05. The zero-order valence-electron chi connectivity index (χ0n) is 18.2. The van der Waals surface area contributed by atoms with Crippen molar-refractivity contribution in [3.8, 4) is 0 Å². The van der Waals surface area contributed by atoms with E-state index >= 15 is 0 Å². The van der Waals surface area contributed by atoms with Crippen molar-refractivity contribution in [1.29, 1.82) is 0 Å². The monoisotopic (exact) mass is 470 g/mol. The summed E-state index contributed by atoms with van der Waals surface area (Å²) in [4.78, 5) is 48.2. The lowest BCUT2D eigenvalue weighted by molar-refractivity contribution is -0.115. The second kappa shape index (κ2) is 9.87. The number of hydrogen-bond donors (Lipinski definition) is 2. The van der Waals surface area contributed by atoms with Gasteiger partial charge in [-0.3, -0.25) is 14.4 Å². The highest BCUT2D eigenvalue weighted by molar-refractivity contribution is 7.98. The van der Waals surface area contributed by atoms with E-state index in [2.05, 4.69) is 15.3 Å². The smallest absolute Gasteiger partial charge is 0.259 e. The van der Waals surface area contributed by atoms with Crippen LogP contribution >= 0.6 is 23.1 Å². The van der Waals surface area contributed by atoms with Gasteiger partial charge in [0.2, 0.25) is 5.91 Å². The molecule has 32 heavy (non-hydrogen) atoms. The van der Waals surface area contributed by atoms with E-state index in [-0.39, 0.29) is 17.4 Å². The van der Waals surface area contributed by atoms with Crippen molar-refractivity contribution in [2.24, 2.45) is 0 Å². The van der Waals surface area contributed by atoms with Crippen LogP contribution in [0.3, 0.4) is 0 Å². The summed E-state index contributed by atoms with van der Waals surface area (Å²) in [5.41, 5.74) is 2.28. The Morgan fingerprint density at radius 2 is 2.06 bits per heavy atom. The molecule has 0 radical (unpaired) electrons. The number of carbonyl (C=O) groups excluding carboxylic acids is 2. The van der Waals surface area contributed by atoms with Crippen molar-refractivity contribution in [1.82, 2.24) is 14.9 Å². The number of amides is 2. The highest BCUT2D eigenvalue weighted by Crippen LogP contribution is 2.33. The standard InChI is InChI=1S/C23H26N4O3S2/c1-27(2)23(30)14-6-5-7-15(12-14)24-19(28)10-11-31-13-18-25-21(29)20-16-8-3-4-9-17(16)32-22(20)26-18/h5-7,12H,3-4,8-11,13H2,1-2H3,(H,24,28)(H,25,26,29). The Morgan fingerprint density at radius 3 is 2.88 bits per heavy atom. The molecule has 2 aromatic heterocycles. The number of thioether (sulfide) groups is 1. The zero-order chi connectivity index (χ0) is 22.7. The molecule has 1 aliphatic rings. The minimum absolute atomic E-state index is 0.0464. The van der Waals surface area contributed by atoms with E-state index in [1.807, 2.05) is 0 Å². The molecule has 0 atom stereocenters.